The van der Waals surface area contributed by atoms with Crippen LogP contribution >= 0.6 is 0 Å². The molecule has 2 aliphatic heterocycles. The first-order valence-corrected chi connectivity index (χ1v) is 12.5. The third-order valence-corrected chi connectivity index (χ3v) is 7.97. The maximum absolute atomic E-state index is 6.86. The van der Waals surface area contributed by atoms with Crippen molar-refractivity contribution in [1.82, 2.24) is 5.06 Å². The zero-order valence-electron chi connectivity index (χ0n) is 19.5. The van der Waals surface area contributed by atoms with Gasteiger partial charge in [-0.1, -0.05) is 42.4 Å². The number of allylic oxidation sites excluding steroid dienone is 3. The van der Waals surface area contributed by atoms with Gasteiger partial charge in [0.2, 0.25) is 11.7 Å². The number of ether oxygens (including phenoxy) is 1. The van der Waals surface area contributed by atoms with Crippen molar-refractivity contribution in [2.75, 3.05) is 7.05 Å². The third kappa shape index (κ3) is 3.75. The van der Waals surface area contributed by atoms with Gasteiger partial charge < -0.3 is 10.5 Å². The molecule has 172 valence electrons. The molecule has 0 amide bonds. The summed E-state index contributed by atoms with van der Waals surface area (Å²) >= 11 is 0. The van der Waals surface area contributed by atoms with E-state index < -0.39 is 5.72 Å². The molecule has 2 heterocycles. The highest BCUT2D eigenvalue weighted by Crippen LogP contribution is 2.53. The van der Waals surface area contributed by atoms with Crippen molar-refractivity contribution in [1.29, 1.82) is 0 Å². The van der Waals surface area contributed by atoms with Crippen LogP contribution in [0.5, 0.6) is 5.75 Å². The molecule has 1 fully saturated rings. The average Bonchev–Trinajstić information content (AvgIpc) is 3.37. The maximum Gasteiger partial charge on any atom is 0.222 e. The molecule has 2 N–H and O–H groups in total. The highest BCUT2D eigenvalue weighted by atomic mass is 16.7. The van der Waals surface area contributed by atoms with Gasteiger partial charge in [0.25, 0.3) is 0 Å². The average molecular weight is 444 g/mol. The molecule has 1 aromatic rings. The molecule has 5 aliphatic rings. The second-order valence-electron chi connectivity index (χ2n) is 10.4. The first-order valence-electron chi connectivity index (χ1n) is 12.5. The number of hydrogen-bond donors (Lipinski definition) is 1. The Hall–Kier alpha value is -2.71. The maximum atomic E-state index is 6.86. The smallest absolute Gasteiger partial charge is 0.222 e. The van der Waals surface area contributed by atoms with Crippen molar-refractivity contribution in [3.63, 3.8) is 0 Å². The summed E-state index contributed by atoms with van der Waals surface area (Å²) in [6.45, 7) is 0. The van der Waals surface area contributed by atoms with E-state index in [9.17, 15) is 0 Å². The molecule has 2 unspecified atom stereocenters. The first-order chi connectivity index (χ1) is 16.0. The van der Waals surface area contributed by atoms with Crippen molar-refractivity contribution in [3.8, 4) is 17.6 Å². The monoisotopic (exact) mass is 443 g/mol. The molecule has 5 nitrogen and oxygen atoms in total. The number of nitrogens with two attached hydrogens (primary N) is 1. The van der Waals surface area contributed by atoms with Gasteiger partial charge in [0.15, 0.2) is 0 Å². The van der Waals surface area contributed by atoms with Gasteiger partial charge in [0.1, 0.15) is 11.4 Å². The van der Waals surface area contributed by atoms with E-state index in [1.54, 1.807) is 5.06 Å². The number of nitrogens with zero attached hydrogens (tertiary/aromatic N) is 2. The summed E-state index contributed by atoms with van der Waals surface area (Å²) < 4.78 is 6.86. The minimum atomic E-state index is -0.854. The second-order valence-corrected chi connectivity index (χ2v) is 10.4. The normalized spacial score (nSPS) is 31.1. The molecule has 6 rings (SSSR count). The fourth-order valence-corrected chi connectivity index (χ4v) is 6.33. The molecular formula is C28H33N3O2. The molecule has 1 aromatic carbocycles. The molecule has 1 saturated carbocycles. The van der Waals surface area contributed by atoms with Crippen molar-refractivity contribution < 1.29 is 9.57 Å². The highest BCUT2D eigenvalue weighted by molar-refractivity contribution is 5.79. The fraction of sp³-hybridized carbons (Fsp3) is 0.536. The van der Waals surface area contributed by atoms with Crippen LogP contribution in [0.15, 0.2) is 46.5 Å². The highest BCUT2D eigenvalue weighted by Gasteiger charge is 2.55. The number of hydrogen-bond acceptors (Lipinski definition) is 5. The number of guanidine groups is 1. The summed E-state index contributed by atoms with van der Waals surface area (Å²) in [5, 5.41) is 1.60. The number of fused-ring (bicyclic) bond motifs is 2. The van der Waals surface area contributed by atoms with Crippen molar-refractivity contribution in [2.24, 2.45) is 16.6 Å². The van der Waals surface area contributed by atoms with Gasteiger partial charge in [-0.05, 0) is 68.7 Å². The molecule has 5 heteroatoms. The van der Waals surface area contributed by atoms with Gasteiger partial charge >= 0.3 is 0 Å². The molecule has 0 saturated heterocycles. The largest absolute Gasteiger partial charge is 0.486 e. The van der Waals surface area contributed by atoms with Crippen LogP contribution < -0.4 is 10.5 Å². The lowest BCUT2D eigenvalue weighted by Crippen LogP contribution is -2.48. The lowest BCUT2D eigenvalue weighted by Gasteiger charge is -2.45. The van der Waals surface area contributed by atoms with Crippen molar-refractivity contribution in [2.45, 2.75) is 82.0 Å². The van der Waals surface area contributed by atoms with Crippen molar-refractivity contribution in [3.05, 3.63) is 52.6 Å². The van der Waals surface area contributed by atoms with Gasteiger partial charge in [0.05, 0.1) is 5.56 Å². The molecular weight excluding hydrogens is 410 g/mol. The number of aliphatic imine (C=N–C) groups is 1. The minimum absolute atomic E-state index is 0.332. The van der Waals surface area contributed by atoms with E-state index in [0.717, 1.165) is 55.4 Å². The van der Waals surface area contributed by atoms with Crippen LogP contribution in [0.4, 0.5) is 0 Å². The Labute approximate surface area is 196 Å². The molecule has 0 aromatic heterocycles. The summed E-state index contributed by atoms with van der Waals surface area (Å²) in [4.78, 5) is 11.3. The lowest BCUT2D eigenvalue weighted by molar-refractivity contribution is -0.205. The minimum Gasteiger partial charge on any atom is -0.486 e. The summed E-state index contributed by atoms with van der Waals surface area (Å²) in [6, 6.07) is 6.28. The molecule has 0 radical (unpaired) electrons. The molecule has 3 aliphatic carbocycles. The SMILES string of the molecule is CN1OC2(CC3(CCCC4=C(CCC=C4)C3)Oc3ccc(C#CC4CCCC4)cc32)N=C1N. The standard InChI is InChI=1S/C28H33N3O2/c1-31-26(29)30-28(33-31)19-27(16-6-11-22-9-4-5-10-23(22)18-27)32-25-15-14-21(17-24(25)28)13-12-20-7-2-3-8-20/h4,9,14-15,17,20H,2-3,5-8,10-11,16,18-19H2,1H3,(H2,29,30). The van der Waals surface area contributed by atoms with E-state index in [1.807, 2.05) is 7.05 Å². The Morgan fingerprint density at radius 3 is 2.88 bits per heavy atom. The van der Waals surface area contributed by atoms with Crippen LogP contribution in [0.25, 0.3) is 0 Å². The van der Waals surface area contributed by atoms with E-state index in [4.69, 9.17) is 20.3 Å². The Morgan fingerprint density at radius 2 is 2.06 bits per heavy atom. The van der Waals surface area contributed by atoms with Gasteiger partial charge in [-0.15, -0.1) is 0 Å². The van der Waals surface area contributed by atoms with E-state index in [0.29, 0.717) is 18.3 Å². The first kappa shape index (κ1) is 20.9. The summed E-state index contributed by atoms with van der Waals surface area (Å²) in [5.74, 6) is 8.69. The predicted octanol–water partition coefficient (Wildman–Crippen LogP) is 5.31. The number of hydroxylamine groups is 2. The molecule has 2 spiro atoms. The predicted molar refractivity (Wildman–Crippen MR) is 129 cm³/mol. The summed E-state index contributed by atoms with van der Waals surface area (Å²) in [6.07, 6.45) is 16.7. The fourth-order valence-electron chi connectivity index (χ4n) is 6.33. The third-order valence-electron chi connectivity index (χ3n) is 7.97. The molecule has 0 bridgehead atoms. The van der Waals surface area contributed by atoms with Gasteiger partial charge in [-0.2, -0.15) is 0 Å². The topological polar surface area (TPSA) is 60.1 Å². The van der Waals surface area contributed by atoms with Crippen LogP contribution in [-0.4, -0.2) is 23.7 Å². The van der Waals surface area contributed by atoms with E-state index in [2.05, 4.69) is 42.2 Å². The van der Waals surface area contributed by atoms with Gasteiger partial charge in [0, 0.05) is 31.4 Å². The molecule has 33 heavy (non-hydrogen) atoms. The van der Waals surface area contributed by atoms with E-state index in [-0.39, 0.29) is 5.60 Å². The Bertz CT molecular complexity index is 1120. The zero-order chi connectivity index (χ0) is 22.5. The van der Waals surface area contributed by atoms with Crippen molar-refractivity contribution >= 4 is 5.96 Å². The quantitative estimate of drug-likeness (QED) is 0.552. The van der Waals surface area contributed by atoms with Crippen LogP contribution in [0.3, 0.4) is 0 Å². The van der Waals surface area contributed by atoms with E-state index >= 15 is 0 Å². The number of benzene rings is 1. The lowest BCUT2D eigenvalue weighted by atomic mass is 9.78. The van der Waals surface area contributed by atoms with Gasteiger partial charge in [-0.3, -0.25) is 0 Å². The second kappa shape index (κ2) is 7.95. The Morgan fingerprint density at radius 1 is 1.18 bits per heavy atom. The zero-order valence-corrected chi connectivity index (χ0v) is 19.5. The Kier molecular flexibility index (Phi) is 5.03. The Balaban J connectivity index is 1.40. The molecule has 2 atom stereocenters. The summed E-state index contributed by atoms with van der Waals surface area (Å²) in [5.41, 5.74) is 10.0. The van der Waals surface area contributed by atoms with Crippen LogP contribution in [0.2, 0.25) is 0 Å². The van der Waals surface area contributed by atoms with Crippen LogP contribution in [0.1, 0.15) is 81.8 Å². The summed E-state index contributed by atoms with van der Waals surface area (Å²) in [7, 11) is 1.83. The number of rotatable bonds is 0. The van der Waals surface area contributed by atoms with Gasteiger partial charge in [-0.25, -0.2) is 14.9 Å². The van der Waals surface area contributed by atoms with E-state index in [1.165, 1.54) is 36.8 Å². The van der Waals surface area contributed by atoms with Crippen LogP contribution in [0, 0.1) is 17.8 Å². The van der Waals surface area contributed by atoms with Crippen LogP contribution in [-0.2, 0) is 10.6 Å².